The summed E-state index contributed by atoms with van der Waals surface area (Å²) in [5, 5.41) is 22.9. The second-order valence-corrected chi connectivity index (χ2v) is 8.60. The Morgan fingerprint density at radius 3 is 3.00 bits per heavy atom. The zero-order valence-electron chi connectivity index (χ0n) is 18.2. The zero-order chi connectivity index (χ0) is 22.9. The van der Waals surface area contributed by atoms with Gasteiger partial charge in [0.15, 0.2) is 6.19 Å². The number of nitrogens with one attached hydrogen (secondary N) is 1. The average molecular weight is 446 g/mol. The summed E-state index contributed by atoms with van der Waals surface area (Å²) >= 11 is 0. The summed E-state index contributed by atoms with van der Waals surface area (Å²) in [5.74, 6) is -0.968. The first-order valence-corrected chi connectivity index (χ1v) is 11.0. The molecular weight excluding hydrogens is 421 g/mol. The molecule has 1 fully saturated rings. The maximum Gasteiger partial charge on any atom is 0.254 e. The fourth-order valence-corrected chi connectivity index (χ4v) is 4.75. The zero-order valence-corrected chi connectivity index (χ0v) is 18.2. The molecule has 1 amide bonds. The van der Waals surface area contributed by atoms with Crippen LogP contribution in [0.1, 0.15) is 34.7 Å². The first kappa shape index (κ1) is 20.9. The molecule has 0 spiro atoms. The molecule has 9 heteroatoms. The van der Waals surface area contributed by atoms with Gasteiger partial charge in [-0.15, -0.1) is 0 Å². The smallest absolute Gasteiger partial charge is 0.254 e. The first-order chi connectivity index (χ1) is 16.0. The van der Waals surface area contributed by atoms with Crippen molar-refractivity contribution in [2.24, 2.45) is 7.05 Å². The molecule has 2 aromatic heterocycles. The van der Waals surface area contributed by atoms with Crippen LogP contribution in [0, 0.1) is 17.3 Å². The summed E-state index contributed by atoms with van der Waals surface area (Å²) in [6.45, 7) is 0.956. The van der Waals surface area contributed by atoms with Crippen LogP contribution in [0.25, 0.3) is 12.2 Å². The number of halogens is 1. The molecule has 3 aromatic rings. The van der Waals surface area contributed by atoms with Crippen LogP contribution in [-0.4, -0.2) is 49.0 Å². The van der Waals surface area contributed by atoms with E-state index in [0.29, 0.717) is 19.5 Å². The molecule has 1 aliphatic carbocycles. The molecule has 0 bridgehead atoms. The lowest BCUT2D eigenvalue weighted by molar-refractivity contribution is 0.0934. The summed E-state index contributed by atoms with van der Waals surface area (Å²) in [6.07, 6.45) is 13.1. The lowest BCUT2D eigenvalue weighted by atomic mass is 9.91. The molecule has 8 nitrogen and oxygen atoms in total. The third-order valence-electron chi connectivity index (χ3n) is 6.46. The SMILES string of the molecule is Cn1ncc2c1=CCC(c1ccc(C(=O)N[C@@H]3C[C@@H](Cn4cccn4)N(C#N)C3)c(F)c1)C=2. The van der Waals surface area contributed by atoms with Crippen LogP contribution in [0.5, 0.6) is 0 Å². The number of amides is 1. The summed E-state index contributed by atoms with van der Waals surface area (Å²) in [5.41, 5.74) is 0.838. The second-order valence-electron chi connectivity index (χ2n) is 8.60. The number of benzene rings is 1. The van der Waals surface area contributed by atoms with Crippen molar-refractivity contribution < 1.29 is 9.18 Å². The number of nitrogens with zero attached hydrogens (tertiary/aromatic N) is 6. The standard InChI is InChI=1S/C24H24FN7O/c1-30-23-6-4-16(9-18(23)12-28-30)17-3-5-21(22(25)10-17)24(33)29-19-11-20(31(13-19)15-26)14-32-8-2-7-27-32/h2-3,5-10,12,16,19-20H,4,11,13-14H2,1H3,(H,29,33)/t16?,19-,20+/m1/s1. The lowest BCUT2D eigenvalue weighted by Crippen LogP contribution is -2.36. The van der Waals surface area contributed by atoms with Crippen LogP contribution in [0.15, 0.2) is 42.9 Å². The van der Waals surface area contributed by atoms with Gasteiger partial charge in [-0.3, -0.25) is 14.2 Å². The van der Waals surface area contributed by atoms with E-state index in [2.05, 4.69) is 33.9 Å². The summed E-state index contributed by atoms with van der Waals surface area (Å²) in [4.78, 5) is 14.4. The molecule has 1 unspecified atom stereocenters. The minimum absolute atomic E-state index is 0.0136. The average Bonchev–Trinajstić information content (AvgIpc) is 3.55. The molecule has 3 atom stereocenters. The van der Waals surface area contributed by atoms with Crippen LogP contribution in [0.4, 0.5) is 4.39 Å². The molecule has 0 radical (unpaired) electrons. The molecule has 0 saturated carbocycles. The van der Waals surface area contributed by atoms with Crippen LogP contribution in [0.2, 0.25) is 0 Å². The van der Waals surface area contributed by atoms with Gasteiger partial charge in [-0.05, 0) is 36.6 Å². The molecule has 33 heavy (non-hydrogen) atoms. The summed E-state index contributed by atoms with van der Waals surface area (Å²) < 4.78 is 18.5. The van der Waals surface area contributed by atoms with Crippen LogP contribution in [-0.2, 0) is 13.6 Å². The third kappa shape index (κ3) is 4.12. The highest BCUT2D eigenvalue weighted by Gasteiger charge is 2.33. The highest BCUT2D eigenvalue weighted by atomic mass is 19.1. The minimum Gasteiger partial charge on any atom is -0.347 e. The molecular formula is C24H24FN7O. The monoisotopic (exact) mass is 445 g/mol. The largest absolute Gasteiger partial charge is 0.347 e. The maximum atomic E-state index is 14.9. The van der Waals surface area contributed by atoms with Crippen molar-refractivity contribution in [3.63, 3.8) is 0 Å². The third-order valence-corrected chi connectivity index (χ3v) is 6.46. The van der Waals surface area contributed by atoms with Gasteiger partial charge in [-0.25, -0.2) is 4.39 Å². The van der Waals surface area contributed by atoms with E-state index in [0.717, 1.165) is 22.6 Å². The molecule has 5 rings (SSSR count). The Kier molecular flexibility index (Phi) is 5.42. The molecule has 3 heterocycles. The molecule has 2 aliphatic rings. The Labute approximate surface area is 190 Å². The number of aryl methyl sites for hydroxylation is 1. The number of nitriles is 1. The van der Waals surface area contributed by atoms with E-state index in [1.54, 1.807) is 21.8 Å². The van der Waals surface area contributed by atoms with Crippen LogP contribution in [0.3, 0.4) is 0 Å². The quantitative estimate of drug-likeness (QED) is 0.588. The predicted octanol–water partition coefficient (Wildman–Crippen LogP) is 0.858. The Balaban J connectivity index is 1.27. The van der Waals surface area contributed by atoms with Crippen molar-refractivity contribution in [3.8, 4) is 6.19 Å². The fourth-order valence-electron chi connectivity index (χ4n) is 4.75. The van der Waals surface area contributed by atoms with E-state index in [1.807, 2.05) is 36.3 Å². The molecule has 1 aromatic carbocycles. The molecule has 1 aliphatic heterocycles. The number of aromatic nitrogens is 4. The van der Waals surface area contributed by atoms with Crippen molar-refractivity contribution in [3.05, 3.63) is 70.4 Å². The number of likely N-dealkylation sites (tertiary alicyclic amines) is 1. The van der Waals surface area contributed by atoms with E-state index in [1.165, 1.54) is 6.07 Å². The Hall–Kier alpha value is -3.93. The molecule has 1 N–H and O–H groups in total. The van der Waals surface area contributed by atoms with Gasteiger partial charge in [0.1, 0.15) is 5.82 Å². The van der Waals surface area contributed by atoms with Gasteiger partial charge in [0.2, 0.25) is 0 Å². The van der Waals surface area contributed by atoms with Gasteiger partial charge in [-0.2, -0.15) is 15.5 Å². The van der Waals surface area contributed by atoms with Crippen molar-refractivity contribution in [1.29, 1.82) is 5.26 Å². The van der Waals surface area contributed by atoms with Gasteiger partial charge in [0.25, 0.3) is 5.91 Å². The minimum atomic E-state index is -0.543. The van der Waals surface area contributed by atoms with Gasteiger partial charge in [-0.1, -0.05) is 18.2 Å². The van der Waals surface area contributed by atoms with E-state index >= 15 is 0 Å². The normalized spacial score (nSPS) is 21.6. The number of hydrogen-bond acceptors (Lipinski definition) is 5. The van der Waals surface area contributed by atoms with Crippen molar-refractivity contribution in [1.82, 2.24) is 29.8 Å². The molecule has 1 saturated heterocycles. The predicted molar refractivity (Wildman–Crippen MR) is 119 cm³/mol. The summed E-state index contributed by atoms with van der Waals surface area (Å²) in [7, 11) is 1.90. The topological polar surface area (TPSA) is 91.8 Å². The Bertz CT molecular complexity index is 1340. The summed E-state index contributed by atoms with van der Waals surface area (Å²) in [6, 6.07) is 6.33. The number of fused-ring (bicyclic) bond motifs is 1. The van der Waals surface area contributed by atoms with Crippen LogP contribution < -0.4 is 15.9 Å². The number of hydrogen-bond donors (Lipinski definition) is 1. The fraction of sp³-hybridized carbons (Fsp3) is 0.333. The van der Waals surface area contributed by atoms with E-state index < -0.39 is 11.7 Å². The van der Waals surface area contributed by atoms with Crippen molar-refractivity contribution in [2.45, 2.75) is 37.4 Å². The first-order valence-electron chi connectivity index (χ1n) is 11.0. The lowest BCUT2D eigenvalue weighted by Gasteiger charge is -2.17. The van der Waals surface area contributed by atoms with Crippen LogP contribution >= 0.6 is 0 Å². The van der Waals surface area contributed by atoms with E-state index in [9.17, 15) is 14.4 Å². The van der Waals surface area contributed by atoms with Gasteiger partial charge < -0.3 is 10.2 Å². The van der Waals surface area contributed by atoms with Crippen molar-refractivity contribution >= 4 is 18.1 Å². The van der Waals surface area contributed by atoms with Gasteiger partial charge in [0, 0.05) is 43.2 Å². The second kappa shape index (κ2) is 8.54. The number of carbonyl (C=O) groups excluding carboxylic acids is 1. The maximum absolute atomic E-state index is 14.9. The van der Waals surface area contributed by atoms with Crippen molar-refractivity contribution in [2.75, 3.05) is 6.54 Å². The number of rotatable bonds is 5. The highest BCUT2D eigenvalue weighted by molar-refractivity contribution is 5.94. The van der Waals surface area contributed by atoms with E-state index in [-0.39, 0.29) is 23.6 Å². The number of carbonyl (C=O) groups is 1. The van der Waals surface area contributed by atoms with Gasteiger partial charge >= 0.3 is 0 Å². The Morgan fingerprint density at radius 2 is 2.24 bits per heavy atom. The van der Waals surface area contributed by atoms with Gasteiger partial charge in [0.05, 0.1) is 29.7 Å². The highest BCUT2D eigenvalue weighted by Crippen LogP contribution is 2.25. The Morgan fingerprint density at radius 1 is 1.36 bits per heavy atom. The molecule has 168 valence electrons. The van der Waals surface area contributed by atoms with E-state index in [4.69, 9.17) is 0 Å².